The molecule has 6 nitrogen and oxygen atoms in total. The lowest BCUT2D eigenvalue weighted by molar-refractivity contribution is -0.119. The summed E-state index contributed by atoms with van der Waals surface area (Å²) < 4.78 is 1.99. The van der Waals surface area contributed by atoms with E-state index in [0.29, 0.717) is 19.6 Å². The summed E-state index contributed by atoms with van der Waals surface area (Å²) >= 11 is 1.56. The van der Waals surface area contributed by atoms with Crippen LogP contribution in [0.5, 0.6) is 0 Å². The van der Waals surface area contributed by atoms with E-state index >= 15 is 0 Å². The Hall–Kier alpha value is -1.60. The highest BCUT2D eigenvalue weighted by Gasteiger charge is 2.18. The normalized spacial score (nSPS) is 10.9. The third kappa shape index (κ3) is 2.71. The van der Waals surface area contributed by atoms with Crippen LogP contribution in [-0.2, 0) is 11.3 Å². The van der Waals surface area contributed by atoms with Crippen molar-refractivity contribution >= 4 is 28.0 Å². The molecule has 2 aromatic rings. The first-order chi connectivity index (χ1) is 9.21. The number of carbonyl (C=O) groups excluding carboxylic acids is 1. The number of thiazole rings is 1. The van der Waals surface area contributed by atoms with Gasteiger partial charge in [0.05, 0.1) is 12.2 Å². The first-order valence-electron chi connectivity index (χ1n) is 6.37. The SMILES string of the molecule is CCNC(=O)CN(CC)c1nc2sccn2c1CN. The number of rotatable bonds is 6. The first-order valence-corrected chi connectivity index (χ1v) is 7.25. The molecule has 0 saturated heterocycles. The third-order valence-electron chi connectivity index (χ3n) is 2.92. The van der Waals surface area contributed by atoms with E-state index in [4.69, 9.17) is 5.73 Å². The fourth-order valence-corrected chi connectivity index (χ4v) is 2.76. The van der Waals surface area contributed by atoms with Crippen molar-refractivity contribution in [3.05, 3.63) is 17.3 Å². The fourth-order valence-electron chi connectivity index (χ4n) is 2.03. The molecule has 0 aromatic carbocycles. The van der Waals surface area contributed by atoms with Crippen LogP contribution in [0.25, 0.3) is 4.96 Å². The fraction of sp³-hybridized carbons (Fsp3) is 0.500. The predicted molar refractivity (Wildman–Crippen MR) is 77.5 cm³/mol. The maximum absolute atomic E-state index is 11.7. The van der Waals surface area contributed by atoms with Gasteiger partial charge in [-0.1, -0.05) is 0 Å². The standard InChI is InChI=1S/C12H19N5OS/c1-3-14-10(18)8-16(4-2)11-9(7-13)17-5-6-19-12(17)15-11/h5-6H,3-4,7-8,13H2,1-2H3,(H,14,18). The number of nitrogens with two attached hydrogens (primary N) is 1. The van der Waals surface area contributed by atoms with Crippen LogP contribution in [0.15, 0.2) is 11.6 Å². The van der Waals surface area contributed by atoms with Gasteiger partial charge in [0.25, 0.3) is 0 Å². The molecule has 0 unspecified atom stereocenters. The lowest BCUT2D eigenvalue weighted by atomic mass is 10.3. The van der Waals surface area contributed by atoms with E-state index in [9.17, 15) is 4.79 Å². The molecule has 0 atom stereocenters. The van der Waals surface area contributed by atoms with E-state index in [1.807, 2.05) is 34.7 Å². The quantitative estimate of drug-likeness (QED) is 0.822. The maximum atomic E-state index is 11.7. The zero-order valence-electron chi connectivity index (χ0n) is 11.2. The van der Waals surface area contributed by atoms with Crippen molar-refractivity contribution in [3.8, 4) is 0 Å². The van der Waals surface area contributed by atoms with E-state index in [1.165, 1.54) is 0 Å². The molecule has 0 aliphatic rings. The van der Waals surface area contributed by atoms with Crippen LogP contribution in [0.2, 0.25) is 0 Å². The van der Waals surface area contributed by atoms with Gasteiger partial charge in [-0.25, -0.2) is 4.98 Å². The average molecular weight is 281 g/mol. The molecule has 2 rings (SSSR count). The molecular weight excluding hydrogens is 262 g/mol. The van der Waals surface area contributed by atoms with Gasteiger partial charge >= 0.3 is 0 Å². The molecule has 0 aliphatic heterocycles. The Morgan fingerprint density at radius 2 is 2.37 bits per heavy atom. The minimum atomic E-state index is 0.00340. The lowest BCUT2D eigenvalue weighted by Crippen LogP contribution is -2.37. The number of amides is 1. The molecule has 2 heterocycles. The Labute approximate surface area is 116 Å². The molecule has 1 amide bonds. The van der Waals surface area contributed by atoms with E-state index in [-0.39, 0.29) is 5.91 Å². The van der Waals surface area contributed by atoms with Crippen LogP contribution in [-0.4, -0.2) is 34.9 Å². The van der Waals surface area contributed by atoms with Crippen molar-refractivity contribution in [2.45, 2.75) is 20.4 Å². The van der Waals surface area contributed by atoms with Gasteiger partial charge in [0.15, 0.2) is 10.8 Å². The molecule has 19 heavy (non-hydrogen) atoms. The number of anilines is 1. The van der Waals surface area contributed by atoms with Crippen molar-refractivity contribution in [3.63, 3.8) is 0 Å². The van der Waals surface area contributed by atoms with Crippen molar-refractivity contribution in [2.24, 2.45) is 5.73 Å². The lowest BCUT2D eigenvalue weighted by Gasteiger charge is -2.21. The van der Waals surface area contributed by atoms with Crippen LogP contribution in [0, 0.1) is 0 Å². The highest BCUT2D eigenvalue weighted by atomic mass is 32.1. The number of fused-ring (bicyclic) bond motifs is 1. The van der Waals surface area contributed by atoms with Gasteiger partial charge in [-0.2, -0.15) is 0 Å². The van der Waals surface area contributed by atoms with Crippen LogP contribution < -0.4 is 16.0 Å². The minimum absolute atomic E-state index is 0.00340. The van der Waals surface area contributed by atoms with Crippen molar-refractivity contribution in [1.82, 2.24) is 14.7 Å². The Morgan fingerprint density at radius 3 is 3.00 bits per heavy atom. The van der Waals surface area contributed by atoms with Gasteiger partial charge < -0.3 is 16.0 Å². The van der Waals surface area contributed by atoms with E-state index in [1.54, 1.807) is 11.3 Å². The number of likely N-dealkylation sites (N-methyl/N-ethyl adjacent to an activating group) is 2. The maximum Gasteiger partial charge on any atom is 0.239 e. The molecule has 0 saturated carbocycles. The Bertz CT molecular complexity index is 561. The molecule has 0 spiro atoms. The number of nitrogens with one attached hydrogen (secondary N) is 1. The molecule has 2 aromatic heterocycles. The van der Waals surface area contributed by atoms with Gasteiger partial charge in [-0.15, -0.1) is 11.3 Å². The Morgan fingerprint density at radius 1 is 1.58 bits per heavy atom. The van der Waals surface area contributed by atoms with Crippen LogP contribution in [0.1, 0.15) is 19.5 Å². The zero-order chi connectivity index (χ0) is 13.8. The van der Waals surface area contributed by atoms with Gasteiger partial charge in [-0.05, 0) is 13.8 Å². The molecular formula is C12H19N5OS. The monoisotopic (exact) mass is 281 g/mol. The summed E-state index contributed by atoms with van der Waals surface area (Å²) in [6.45, 7) is 5.98. The molecule has 104 valence electrons. The smallest absolute Gasteiger partial charge is 0.239 e. The molecule has 0 fully saturated rings. The summed E-state index contributed by atoms with van der Waals surface area (Å²) in [4.78, 5) is 19.2. The number of nitrogens with zero attached hydrogens (tertiary/aromatic N) is 3. The topological polar surface area (TPSA) is 75.7 Å². The number of aromatic nitrogens is 2. The van der Waals surface area contributed by atoms with Crippen LogP contribution in [0.4, 0.5) is 5.82 Å². The highest BCUT2D eigenvalue weighted by molar-refractivity contribution is 7.15. The number of hydrogen-bond acceptors (Lipinski definition) is 5. The van der Waals surface area contributed by atoms with Crippen molar-refractivity contribution in [2.75, 3.05) is 24.5 Å². The van der Waals surface area contributed by atoms with E-state index in [2.05, 4.69) is 10.3 Å². The second-order valence-corrected chi connectivity index (χ2v) is 4.98. The van der Waals surface area contributed by atoms with Crippen molar-refractivity contribution in [1.29, 1.82) is 0 Å². The molecule has 7 heteroatoms. The average Bonchev–Trinajstić information content (AvgIpc) is 2.96. The molecule has 0 aliphatic carbocycles. The van der Waals surface area contributed by atoms with Gasteiger partial charge in [0, 0.05) is 31.2 Å². The molecule has 0 radical (unpaired) electrons. The largest absolute Gasteiger partial charge is 0.355 e. The summed E-state index contributed by atoms with van der Waals surface area (Å²) in [5.74, 6) is 0.812. The van der Waals surface area contributed by atoms with Gasteiger partial charge in [0.2, 0.25) is 5.91 Å². The summed E-state index contributed by atoms with van der Waals surface area (Å²) in [6, 6.07) is 0. The Kier molecular flexibility index (Phi) is 4.39. The van der Waals surface area contributed by atoms with Crippen molar-refractivity contribution < 1.29 is 4.79 Å². The van der Waals surface area contributed by atoms with E-state index < -0.39 is 0 Å². The zero-order valence-corrected chi connectivity index (χ0v) is 12.0. The first kappa shape index (κ1) is 13.8. The second-order valence-electron chi connectivity index (χ2n) is 4.11. The van der Waals surface area contributed by atoms with Gasteiger partial charge in [0.1, 0.15) is 0 Å². The molecule has 3 N–H and O–H groups in total. The van der Waals surface area contributed by atoms with E-state index in [0.717, 1.165) is 23.0 Å². The number of carbonyl (C=O) groups is 1. The summed E-state index contributed by atoms with van der Waals surface area (Å²) in [6.07, 6.45) is 1.96. The Balaban J connectivity index is 2.29. The predicted octanol–water partition coefficient (Wildman–Crippen LogP) is 0.817. The van der Waals surface area contributed by atoms with Gasteiger partial charge in [-0.3, -0.25) is 9.20 Å². The van der Waals surface area contributed by atoms with Crippen LogP contribution >= 0.6 is 11.3 Å². The second kappa shape index (κ2) is 6.03. The molecule has 0 bridgehead atoms. The summed E-state index contributed by atoms with van der Waals surface area (Å²) in [7, 11) is 0. The minimum Gasteiger partial charge on any atom is -0.355 e. The third-order valence-corrected chi connectivity index (χ3v) is 3.68. The highest BCUT2D eigenvalue weighted by Crippen LogP contribution is 2.24. The van der Waals surface area contributed by atoms with Crippen LogP contribution in [0.3, 0.4) is 0 Å². The number of hydrogen-bond donors (Lipinski definition) is 2. The summed E-state index contributed by atoms with van der Waals surface area (Å²) in [5, 5.41) is 4.78. The number of imidazole rings is 1. The summed E-state index contributed by atoms with van der Waals surface area (Å²) in [5.41, 5.74) is 6.77.